The first kappa shape index (κ1) is 16.1. The Kier molecular flexibility index (Phi) is 5.07. The summed E-state index contributed by atoms with van der Waals surface area (Å²) in [4.78, 5) is 26.3. The van der Waals surface area contributed by atoms with Crippen molar-refractivity contribution in [2.24, 2.45) is 5.92 Å². The van der Waals surface area contributed by atoms with Crippen LogP contribution in [0, 0.1) is 5.92 Å². The Morgan fingerprint density at radius 2 is 2.30 bits per heavy atom. The van der Waals surface area contributed by atoms with Crippen molar-refractivity contribution in [3.8, 4) is 5.75 Å². The molecule has 0 aliphatic carbocycles. The van der Waals surface area contributed by atoms with Crippen molar-refractivity contribution in [2.45, 2.75) is 12.5 Å². The van der Waals surface area contributed by atoms with Gasteiger partial charge in [0, 0.05) is 31.0 Å². The molecule has 1 aromatic rings. The van der Waals surface area contributed by atoms with Gasteiger partial charge in [0.05, 0.1) is 11.9 Å². The molecule has 2 saturated heterocycles. The number of benzene rings is 1. The molecule has 0 aromatic heterocycles. The Morgan fingerprint density at radius 3 is 3.04 bits per heavy atom. The minimum Gasteiger partial charge on any atom is -0.508 e. The lowest BCUT2D eigenvalue weighted by Gasteiger charge is -2.19. The summed E-state index contributed by atoms with van der Waals surface area (Å²) in [5, 5.41) is 15.5. The second kappa shape index (κ2) is 7.23. The molecule has 0 radical (unpaired) electrons. The van der Waals surface area contributed by atoms with Crippen LogP contribution in [0.4, 0.5) is 0 Å². The molecule has 2 amide bonds. The Labute approximate surface area is 139 Å². The van der Waals surface area contributed by atoms with Gasteiger partial charge in [-0.15, -0.1) is 11.8 Å². The van der Waals surface area contributed by atoms with Gasteiger partial charge < -0.3 is 20.6 Å². The second-order valence-electron chi connectivity index (χ2n) is 5.96. The summed E-state index contributed by atoms with van der Waals surface area (Å²) in [6.45, 7) is 2.10. The van der Waals surface area contributed by atoms with Crippen LogP contribution in [-0.2, 0) is 4.79 Å². The highest BCUT2D eigenvalue weighted by atomic mass is 32.2. The van der Waals surface area contributed by atoms with E-state index in [1.807, 2.05) is 4.90 Å². The number of phenols is 1. The first-order chi connectivity index (χ1) is 11.1. The topological polar surface area (TPSA) is 81.7 Å². The molecule has 124 valence electrons. The van der Waals surface area contributed by atoms with Crippen molar-refractivity contribution >= 4 is 23.6 Å². The van der Waals surface area contributed by atoms with E-state index in [1.54, 1.807) is 23.9 Å². The zero-order chi connectivity index (χ0) is 16.2. The Bertz CT molecular complexity index is 590. The molecule has 2 aliphatic rings. The van der Waals surface area contributed by atoms with E-state index >= 15 is 0 Å². The third-order valence-electron chi connectivity index (χ3n) is 4.24. The second-order valence-corrected chi connectivity index (χ2v) is 7.04. The largest absolute Gasteiger partial charge is 0.508 e. The molecular weight excluding hydrogens is 314 g/mol. The number of hydrogen-bond donors (Lipinski definition) is 3. The monoisotopic (exact) mass is 335 g/mol. The average molecular weight is 335 g/mol. The lowest BCUT2D eigenvalue weighted by molar-refractivity contribution is -0.131. The number of carbonyl (C=O) groups excluding carboxylic acids is 2. The molecule has 7 heteroatoms. The van der Waals surface area contributed by atoms with Crippen LogP contribution in [0.1, 0.15) is 16.8 Å². The smallest absolute Gasteiger partial charge is 0.251 e. The van der Waals surface area contributed by atoms with E-state index in [0.717, 1.165) is 31.1 Å². The number of nitrogens with zero attached hydrogens (tertiary/aromatic N) is 1. The van der Waals surface area contributed by atoms with Crippen LogP contribution in [0.2, 0.25) is 0 Å². The van der Waals surface area contributed by atoms with Crippen LogP contribution in [0.15, 0.2) is 24.3 Å². The molecule has 0 spiro atoms. The van der Waals surface area contributed by atoms with E-state index in [4.69, 9.17) is 0 Å². The summed E-state index contributed by atoms with van der Waals surface area (Å²) in [6.07, 6.45) is 0.750. The van der Waals surface area contributed by atoms with Gasteiger partial charge in [0.25, 0.3) is 5.91 Å². The van der Waals surface area contributed by atoms with E-state index in [0.29, 0.717) is 12.1 Å². The van der Waals surface area contributed by atoms with E-state index in [9.17, 15) is 14.7 Å². The van der Waals surface area contributed by atoms with E-state index < -0.39 is 0 Å². The molecule has 6 nitrogen and oxygen atoms in total. The van der Waals surface area contributed by atoms with Gasteiger partial charge in [0.1, 0.15) is 5.75 Å². The maximum atomic E-state index is 12.3. The number of nitrogens with one attached hydrogen (secondary N) is 2. The number of amides is 2. The van der Waals surface area contributed by atoms with E-state index in [2.05, 4.69) is 10.6 Å². The first-order valence-electron chi connectivity index (χ1n) is 7.80. The SMILES string of the molecule is O=C(NCC1CNC(C(=O)N2CCSC2)C1)c1cccc(O)c1. The summed E-state index contributed by atoms with van der Waals surface area (Å²) < 4.78 is 0. The highest BCUT2D eigenvalue weighted by Gasteiger charge is 2.33. The van der Waals surface area contributed by atoms with Crippen molar-refractivity contribution in [2.75, 3.05) is 31.3 Å². The molecule has 3 rings (SSSR count). The Balaban J connectivity index is 1.46. The third kappa shape index (κ3) is 3.97. The van der Waals surface area contributed by atoms with Crippen LogP contribution in [0.5, 0.6) is 5.75 Å². The molecule has 1 aromatic carbocycles. The lowest BCUT2D eigenvalue weighted by atomic mass is 10.0. The van der Waals surface area contributed by atoms with Gasteiger partial charge in [-0.1, -0.05) is 6.07 Å². The van der Waals surface area contributed by atoms with Crippen LogP contribution >= 0.6 is 11.8 Å². The minimum atomic E-state index is -0.202. The molecule has 23 heavy (non-hydrogen) atoms. The predicted octanol–water partition coefficient (Wildman–Crippen LogP) is 0.633. The number of aromatic hydroxyl groups is 1. The van der Waals surface area contributed by atoms with Crippen LogP contribution < -0.4 is 10.6 Å². The average Bonchev–Trinajstić information content (AvgIpc) is 3.23. The molecule has 3 N–H and O–H groups in total. The molecule has 0 bridgehead atoms. The zero-order valence-electron chi connectivity index (χ0n) is 12.8. The minimum absolute atomic E-state index is 0.0781. The molecule has 0 saturated carbocycles. The summed E-state index contributed by atoms with van der Waals surface area (Å²) >= 11 is 1.78. The highest BCUT2D eigenvalue weighted by molar-refractivity contribution is 7.99. The van der Waals surface area contributed by atoms with Gasteiger partial charge in [0.15, 0.2) is 0 Å². The quantitative estimate of drug-likeness (QED) is 0.752. The fourth-order valence-electron chi connectivity index (χ4n) is 2.95. The van der Waals surface area contributed by atoms with Crippen LogP contribution in [0.25, 0.3) is 0 Å². The lowest BCUT2D eigenvalue weighted by Crippen LogP contribution is -2.42. The van der Waals surface area contributed by atoms with E-state index in [1.165, 1.54) is 12.1 Å². The molecule has 2 fully saturated rings. The predicted molar refractivity (Wildman–Crippen MR) is 89.4 cm³/mol. The summed E-state index contributed by atoms with van der Waals surface area (Å²) in [5.74, 6) is 2.11. The summed E-state index contributed by atoms with van der Waals surface area (Å²) in [6, 6.07) is 6.16. The van der Waals surface area contributed by atoms with E-state index in [-0.39, 0.29) is 29.5 Å². The van der Waals surface area contributed by atoms with Crippen LogP contribution in [0.3, 0.4) is 0 Å². The standard InChI is InChI=1S/C16H21N3O3S/c20-13-3-1-2-12(7-13)15(21)18-9-11-6-14(17-8-11)16(22)19-4-5-23-10-19/h1-3,7,11,14,17,20H,4-6,8-10H2,(H,18,21). The Morgan fingerprint density at radius 1 is 1.43 bits per heavy atom. The van der Waals surface area contributed by atoms with Gasteiger partial charge in [0.2, 0.25) is 5.91 Å². The first-order valence-corrected chi connectivity index (χ1v) is 8.96. The van der Waals surface area contributed by atoms with Crippen molar-refractivity contribution in [3.63, 3.8) is 0 Å². The van der Waals surface area contributed by atoms with Crippen LogP contribution in [-0.4, -0.2) is 59.1 Å². The third-order valence-corrected chi connectivity index (χ3v) is 5.21. The molecular formula is C16H21N3O3S. The number of phenolic OH excluding ortho intramolecular Hbond substituents is 1. The van der Waals surface area contributed by atoms with Crippen molar-refractivity contribution < 1.29 is 14.7 Å². The van der Waals surface area contributed by atoms with Gasteiger partial charge in [-0.3, -0.25) is 9.59 Å². The molecule has 2 atom stereocenters. The number of carbonyl (C=O) groups is 2. The fraction of sp³-hybridized carbons (Fsp3) is 0.500. The summed E-state index contributed by atoms with van der Waals surface area (Å²) in [7, 11) is 0. The molecule has 2 heterocycles. The molecule has 2 aliphatic heterocycles. The maximum Gasteiger partial charge on any atom is 0.251 e. The van der Waals surface area contributed by atoms with Gasteiger partial charge in [-0.25, -0.2) is 0 Å². The van der Waals surface area contributed by atoms with Crippen molar-refractivity contribution in [1.29, 1.82) is 0 Å². The highest BCUT2D eigenvalue weighted by Crippen LogP contribution is 2.20. The van der Waals surface area contributed by atoms with Crippen molar-refractivity contribution in [1.82, 2.24) is 15.5 Å². The maximum absolute atomic E-state index is 12.3. The normalized spacial score (nSPS) is 23.9. The Hall–Kier alpha value is -1.73. The number of hydrogen-bond acceptors (Lipinski definition) is 5. The molecule has 2 unspecified atom stereocenters. The number of rotatable bonds is 4. The van der Waals surface area contributed by atoms with Gasteiger partial charge in [-0.05, 0) is 30.5 Å². The fourth-order valence-corrected chi connectivity index (χ4v) is 3.90. The van der Waals surface area contributed by atoms with Gasteiger partial charge >= 0.3 is 0 Å². The zero-order valence-corrected chi connectivity index (χ0v) is 13.6. The van der Waals surface area contributed by atoms with Crippen molar-refractivity contribution in [3.05, 3.63) is 29.8 Å². The summed E-state index contributed by atoms with van der Waals surface area (Å²) in [5.41, 5.74) is 0.442. The van der Waals surface area contributed by atoms with Gasteiger partial charge in [-0.2, -0.15) is 0 Å². The number of thioether (sulfide) groups is 1.